The molecule has 2 aromatic rings. The van der Waals surface area contributed by atoms with E-state index in [1.807, 2.05) is 11.4 Å². The average Bonchev–Trinajstić information content (AvgIpc) is 3.23. The van der Waals surface area contributed by atoms with E-state index in [4.69, 9.17) is 0 Å². The number of non-ortho nitro benzene ring substituents is 1. The van der Waals surface area contributed by atoms with Gasteiger partial charge in [-0.15, -0.1) is 11.3 Å². The Kier molecular flexibility index (Phi) is 6.37. The Labute approximate surface area is 166 Å². The van der Waals surface area contributed by atoms with Crippen LogP contribution in [0.5, 0.6) is 0 Å². The average molecular weight is 402 g/mol. The molecule has 0 spiro atoms. The maximum atomic E-state index is 12.6. The highest BCUT2D eigenvalue weighted by molar-refractivity contribution is 7.12. The first-order valence-electron chi connectivity index (χ1n) is 9.03. The maximum absolute atomic E-state index is 12.6. The van der Waals surface area contributed by atoms with Gasteiger partial charge in [-0.05, 0) is 23.9 Å². The molecular weight excluding hydrogens is 380 g/mol. The van der Waals surface area contributed by atoms with E-state index in [-0.39, 0.29) is 17.5 Å². The second-order valence-corrected chi connectivity index (χ2v) is 7.65. The molecule has 28 heavy (non-hydrogen) atoms. The van der Waals surface area contributed by atoms with Crippen molar-refractivity contribution in [1.29, 1.82) is 0 Å². The highest BCUT2D eigenvalue weighted by Gasteiger charge is 2.26. The van der Waals surface area contributed by atoms with Crippen LogP contribution in [0.4, 0.5) is 5.69 Å². The summed E-state index contributed by atoms with van der Waals surface area (Å²) in [6.45, 7) is 4.79. The molecule has 1 aromatic heterocycles. The zero-order valence-corrected chi connectivity index (χ0v) is 16.4. The minimum atomic E-state index is -0.585. The van der Waals surface area contributed by atoms with E-state index in [1.165, 1.54) is 17.4 Å². The van der Waals surface area contributed by atoms with Gasteiger partial charge in [0, 0.05) is 44.9 Å². The van der Waals surface area contributed by atoms with Crippen LogP contribution in [0, 0.1) is 10.1 Å². The van der Waals surface area contributed by atoms with Crippen LogP contribution in [0.15, 0.2) is 41.8 Å². The Morgan fingerprint density at radius 3 is 2.61 bits per heavy atom. The molecule has 1 fully saturated rings. The van der Waals surface area contributed by atoms with Crippen molar-refractivity contribution in [3.63, 3.8) is 0 Å². The van der Waals surface area contributed by atoms with Gasteiger partial charge >= 0.3 is 0 Å². The summed E-state index contributed by atoms with van der Waals surface area (Å²) in [5, 5.41) is 15.5. The minimum Gasteiger partial charge on any atom is -0.340 e. The van der Waals surface area contributed by atoms with Gasteiger partial charge in [-0.2, -0.15) is 0 Å². The van der Waals surface area contributed by atoms with Gasteiger partial charge in [0.1, 0.15) is 6.04 Å². The number of thiophene rings is 1. The third-order valence-electron chi connectivity index (χ3n) is 4.67. The van der Waals surface area contributed by atoms with Crippen LogP contribution in [0.25, 0.3) is 0 Å². The van der Waals surface area contributed by atoms with Gasteiger partial charge in [0.2, 0.25) is 5.91 Å². The Hall–Kier alpha value is -2.78. The van der Waals surface area contributed by atoms with Crippen LogP contribution in [-0.2, 0) is 11.3 Å². The molecule has 1 aliphatic heterocycles. The first-order chi connectivity index (χ1) is 13.4. The van der Waals surface area contributed by atoms with E-state index in [0.717, 1.165) is 5.56 Å². The first-order valence-corrected chi connectivity index (χ1v) is 9.91. The third kappa shape index (κ3) is 4.93. The number of benzene rings is 1. The summed E-state index contributed by atoms with van der Waals surface area (Å²) in [4.78, 5) is 39.7. The van der Waals surface area contributed by atoms with Crippen LogP contribution in [0.3, 0.4) is 0 Å². The summed E-state index contributed by atoms with van der Waals surface area (Å²) >= 11 is 1.34. The number of nitro groups is 1. The van der Waals surface area contributed by atoms with Gasteiger partial charge in [-0.1, -0.05) is 18.2 Å². The molecule has 8 nitrogen and oxygen atoms in total. The van der Waals surface area contributed by atoms with Crippen molar-refractivity contribution < 1.29 is 14.5 Å². The largest absolute Gasteiger partial charge is 0.340 e. The Balaban J connectivity index is 1.49. The number of nitrogens with one attached hydrogen (secondary N) is 1. The Morgan fingerprint density at radius 1 is 1.21 bits per heavy atom. The maximum Gasteiger partial charge on any atom is 0.269 e. The molecule has 1 N–H and O–H groups in total. The second kappa shape index (κ2) is 8.94. The number of hydrogen-bond donors (Lipinski definition) is 1. The molecule has 1 saturated heterocycles. The minimum absolute atomic E-state index is 0.0848. The van der Waals surface area contributed by atoms with Gasteiger partial charge in [0.25, 0.3) is 11.6 Å². The fraction of sp³-hybridized carbons (Fsp3) is 0.368. The van der Waals surface area contributed by atoms with Gasteiger partial charge in [0.15, 0.2) is 0 Å². The van der Waals surface area contributed by atoms with E-state index in [1.54, 1.807) is 36.1 Å². The fourth-order valence-electron chi connectivity index (χ4n) is 3.16. The molecule has 1 atom stereocenters. The first kappa shape index (κ1) is 20.0. The van der Waals surface area contributed by atoms with Crippen LogP contribution in [-0.4, -0.2) is 58.8 Å². The quantitative estimate of drug-likeness (QED) is 0.590. The predicted octanol–water partition coefficient (Wildman–Crippen LogP) is 2.12. The van der Waals surface area contributed by atoms with Crippen LogP contribution in [0.2, 0.25) is 0 Å². The van der Waals surface area contributed by atoms with Gasteiger partial charge in [-0.3, -0.25) is 24.6 Å². The lowest BCUT2D eigenvalue weighted by atomic mass is 10.1. The van der Waals surface area contributed by atoms with Crippen molar-refractivity contribution in [2.45, 2.75) is 19.5 Å². The highest BCUT2D eigenvalue weighted by Crippen LogP contribution is 2.16. The molecule has 1 aromatic carbocycles. The normalized spacial score (nSPS) is 15.8. The van der Waals surface area contributed by atoms with Crippen molar-refractivity contribution in [3.8, 4) is 0 Å². The number of nitrogens with zero attached hydrogens (tertiary/aromatic N) is 3. The van der Waals surface area contributed by atoms with Crippen molar-refractivity contribution >= 4 is 28.8 Å². The molecule has 1 unspecified atom stereocenters. The Morgan fingerprint density at radius 2 is 1.96 bits per heavy atom. The van der Waals surface area contributed by atoms with Crippen molar-refractivity contribution in [1.82, 2.24) is 15.1 Å². The standard InChI is InChI=1S/C19H22N4O4S/c1-14(20-18(24)17-6-3-11-28-17)19(25)22-9-7-21(8-10-22)13-15-4-2-5-16(12-15)23(26)27/h2-6,11-12,14H,7-10,13H2,1H3,(H,20,24). The van der Waals surface area contributed by atoms with Crippen LogP contribution >= 0.6 is 11.3 Å². The zero-order valence-electron chi connectivity index (χ0n) is 15.5. The summed E-state index contributed by atoms with van der Waals surface area (Å²) in [5.74, 6) is -0.333. The third-order valence-corrected chi connectivity index (χ3v) is 5.54. The molecule has 2 amide bonds. The number of nitro benzene ring substituents is 1. The topological polar surface area (TPSA) is 95.8 Å². The fourth-order valence-corrected chi connectivity index (χ4v) is 3.79. The zero-order chi connectivity index (χ0) is 20.1. The summed E-state index contributed by atoms with van der Waals surface area (Å²) < 4.78 is 0. The molecule has 0 aliphatic carbocycles. The number of piperazine rings is 1. The molecule has 1 aliphatic rings. The predicted molar refractivity (Wildman–Crippen MR) is 106 cm³/mol. The molecule has 0 bridgehead atoms. The lowest BCUT2D eigenvalue weighted by molar-refractivity contribution is -0.384. The molecule has 0 saturated carbocycles. The van der Waals surface area contributed by atoms with E-state index >= 15 is 0 Å². The number of hydrogen-bond acceptors (Lipinski definition) is 6. The monoisotopic (exact) mass is 402 g/mol. The molecule has 2 heterocycles. The summed E-state index contributed by atoms with van der Waals surface area (Å²) in [7, 11) is 0. The Bertz CT molecular complexity index is 847. The van der Waals surface area contributed by atoms with E-state index in [2.05, 4.69) is 10.2 Å². The molecular formula is C19H22N4O4S. The number of carbonyl (C=O) groups excluding carboxylic acids is 2. The lowest BCUT2D eigenvalue weighted by Crippen LogP contribution is -2.53. The SMILES string of the molecule is CC(NC(=O)c1cccs1)C(=O)N1CCN(Cc2cccc([N+](=O)[O-])c2)CC1. The van der Waals surface area contributed by atoms with Crippen LogP contribution in [0.1, 0.15) is 22.2 Å². The van der Waals surface area contributed by atoms with Gasteiger partial charge in [-0.25, -0.2) is 0 Å². The van der Waals surface area contributed by atoms with Gasteiger partial charge < -0.3 is 10.2 Å². The smallest absolute Gasteiger partial charge is 0.269 e. The van der Waals surface area contributed by atoms with Crippen molar-refractivity contribution in [3.05, 3.63) is 62.3 Å². The molecule has 0 radical (unpaired) electrons. The molecule has 9 heteroatoms. The molecule has 148 valence electrons. The highest BCUT2D eigenvalue weighted by atomic mass is 32.1. The van der Waals surface area contributed by atoms with E-state index in [0.29, 0.717) is 37.6 Å². The second-order valence-electron chi connectivity index (χ2n) is 6.70. The van der Waals surface area contributed by atoms with E-state index < -0.39 is 11.0 Å². The van der Waals surface area contributed by atoms with Gasteiger partial charge in [0.05, 0.1) is 9.80 Å². The molecule has 3 rings (SSSR count). The summed E-state index contributed by atoms with van der Waals surface area (Å²) in [5.41, 5.74) is 0.965. The van der Waals surface area contributed by atoms with Crippen molar-refractivity contribution in [2.24, 2.45) is 0 Å². The summed E-state index contributed by atoms with van der Waals surface area (Å²) in [6, 6.07) is 9.55. The van der Waals surface area contributed by atoms with E-state index in [9.17, 15) is 19.7 Å². The number of carbonyl (C=O) groups is 2. The van der Waals surface area contributed by atoms with Crippen LogP contribution < -0.4 is 5.32 Å². The van der Waals surface area contributed by atoms with Crippen molar-refractivity contribution in [2.75, 3.05) is 26.2 Å². The summed E-state index contributed by atoms with van der Waals surface area (Å²) in [6.07, 6.45) is 0. The lowest BCUT2D eigenvalue weighted by Gasteiger charge is -2.36. The number of amides is 2. The number of rotatable bonds is 6.